The average Bonchev–Trinajstić information content (AvgIpc) is 2.74. The Morgan fingerprint density at radius 1 is 1.62 bits per heavy atom. The minimum Gasteiger partial charge on any atom is -0.372 e. The Bertz CT molecular complexity index is 340. The summed E-state index contributed by atoms with van der Waals surface area (Å²) >= 11 is 0. The highest BCUT2D eigenvalue weighted by molar-refractivity contribution is 5.16. The quantitative estimate of drug-likeness (QED) is 0.854. The molecule has 0 bridgehead atoms. The summed E-state index contributed by atoms with van der Waals surface area (Å²) in [6.07, 6.45) is 3.74. The highest BCUT2D eigenvalue weighted by Crippen LogP contribution is 2.29. The molecule has 1 aliphatic rings. The van der Waals surface area contributed by atoms with E-state index in [1.807, 2.05) is 11.6 Å². The Morgan fingerprint density at radius 2 is 2.44 bits per heavy atom. The maximum absolute atomic E-state index is 5.86. The van der Waals surface area contributed by atoms with Crippen LogP contribution in [0.4, 0.5) is 0 Å². The molecule has 1 aliphatic heterocycles. The second kappa shape index (κ2) is 4.97. The Labute approximate surface area is 96.8 Å². The van der Waals surface area contributed by atoms with E-state index in [4.69, 9.17) is 10.5 Å². The Balaban J connectivity index is 2.23. The van der Waals surface area contributed by atoms with Gasteiger partial charge in [-0.25, -0.2) is 0 Å². The molecule has 1 saturated heterocycles. The van der Waals surface area contributed by atoms with E-state index in [1.54, 1.807) is 0 Å². The van der Waals surface area contributed by atoms with E-state index in [9.17, 15) is 0 Å². The van der Waals surface area contributed by atoms with Crippen molar-refractivity contribution in [2.24, 2.45) is 5.73 Å². The predicted octanol–water partition coefficient (Wildman–Crippen LogP) is 2.16. The highest BCUT2D eigenvalue weighted by Gasteiger charge is 2.21. The number of aromatic nitrogens is 2. The van der Waals surface area contributed by atoms with Gasteiger partial charge >= 0.3 is 0 Å². The van der Waals surface area contributed by atoms with Gasteiger partial charge in [0.05, 0.1) is 17.5 Å². The van der Waals surface area contributed by atoms with Gasteiger partial charge in [-0.3, -0.25) is 4.68 Å². The minimum absolute atomic E-state index is 0.00450. The molecule has 1 aromatic heterocycles. The standard InChI is InChI=1S/C12H21N3O/c1-3-15-11(8-10(14-15)9(2)13)12-6-4-5-7-16-12/h8-9,12H,3-7,13H2,1-2H3. The fraction of sp³-hybridized carbons (Fsp3) is 0.750. The SMILES string of the molecule is CCn1nc(C(C)N)cc1C1CCCCO1. The van der Waals surface area contributed by atoms with Gasteiger partial charge in [-0.2, -0.15) is 5.10 Å². The first-order chi connectivity index (χ1) is 7.72. The van der Waals surface area contributed by atoms with Crippen LogP contribution < -0.4 is 5.73 Å². The van der Waals surface area contributed by atoms with E-state index in [0.717, 1.165) is 25.3 Å². The molecule has 1 fully saturated rings. The molecule has 1 aromatic rings. The van der Waals surface area contributed by atoms with Crippen LogP contribution in [-0.4, -0.2) is 16.4 Å². The zero-order chi connectivity index (χ0) is 11.5. The van der Waals surface area contributed by atoms with Gasteiger partial charge < -0.3 is 10.5 Å². The van der Waals surface area contributed by atoms with Crippen LogP contribution in [0.2, 0.25) is 0 Å². The van der Waals surface area contributed by atoms with Gasteiger partial charge in [0, 0.05) is 19.2 Å². The molecule has 4 heteroatoms. The predicted molar refractivity (Wildman–Crippen MR) is 63.0 cm³/mol. The van der Waals surface area contributed by atoms with Gasteiger partial charge in [-0.15, -0.1) is 0 Å². The van der Waals surface area contributed by atoms with Gasteiger partial charge in [-0.1, -0.05) is 0 Å². The summed E-state index contributed by atoms with van der Waals surface area (Å²) in [4.78, 5) is 0. The highest BCUT2D eigenvalue weighted by atomic mass is 16.5. The van der Waals surface area contributed by atoms with Crippen molar-refractivity contribution in [3.8, 4) is 0 Å². The van der Waals surface area contributed by atoms with Crippen LogP contribution in [0.25, 0.3) is 0 Å². The van der Waals surface area contributed by atoms with Crippen LogP contribution in [0.3, 0.4) is 0 Å². The topological polar surface area (TPSA) is 53.1 Å². The summed E-state index contributed by atoms with van der Waals surface area (Å²) in [6.45, 7) is 5.81. The summed E-state index contributed by atoms with van der Waals surface area (Å²) in [5, 5.41) is 4.52. The second-order valence-electron chi connectivity index (χ2n) is 4.45. The van der Waals surface area contributed by atoms with Crippen molar-refractivity contribution < 1.29 is 4.74 Å². The van der Waals surface area contributed by atoms with E-state index < -0.39 is 0 Å². The first-order valence-electron chi connectivity index (χ1n) is 6.17. The molecule has 2 N–H and O–H groups in total. The molecule has 0 amide bonds. The first-order valence-corrected chi connectivity index (χ1v) is 6.17. The molecule has 0 aliphatic carbocycles. The third-order valence-corrected chi connectivity index (χ3v) is 3.11. The van der Waals surface area contributed by atoms with E-state index in [1.165, 1.54) is 18.5 Å². The van der Waals surface area contributed by atoms with E-state index in [-0.39, 0.29) is 12.1 Å². The lowest BCUT2D eigenvalue weighted by molar-refractivity contribution is 0.00957. The Morgan fingerprint density at radius 3 is 3.00 bits per heavy atom. The van der Waals surface area contributed by atoms with Crippen LogP contribution in [0.15, 0.2) is 6.07 Å². The van der Waals surface area contributed by atoms with E-state index >= 15 is 0 Å². The minimum atomic E-state index is -0.00450. The molecule has 16 heavy (non-hydrogen) atoms. The lowest BCUT2D eigenvalue weighted by atomic mass is 10.1. The maximum atomic E-state index is 5.86. The van der Waals surface area contributed by atoms with Crippen molar-refractivity contribution >= 4 is 0 Å². The monoisotopic (exact) mass is 223 g/mol. The number of nitrogens with zero attached hydrogens (tertiary/aromatic N) is 2. The number of aryl methyl sites for hydroxylation is 1. The van der Waals surface area contributed by atoms with Crippen molar-refractivity contribution in [2.75, 3.05) is 6.61 Å². The van der Waals surface area contributed by atoms with Crippen molar-refractivity contribution in [1.82, 2.24) is 9.78 Å². The van der Waals surface area contributed by atoms with Gasteiger partial charge in [-0.05, 0) is 39.2 Å². The average molecular weight is 223 g/mol. The number of hydrogen-bond acceptors (Lipinski definition) is 3. The third-order valence-electron chi connectivity index (χ3n) is 3.11. The van der Waals surface area contributed by atoms with Crippen LogP contribution >= 0.6 is 0 Å². The smallest absolute Gasteiger partial charge is 0.0991 e. The zero-order valence-electron chi connectivity index (χ0n) is 10.1. The molecule has 2 atom stereocenters. The summed E-state index contributed by atoms with van der Waals surface area (Å²) in [6, 6.07) is 2.10. The first kappa shape index (κ1) is 11.6. The van der Waals surface area contributed by atoms with Gasteiger partial charge in [0.1, 0.15) is 0 Å². The normalized spacial score (nSPS) is 23.3. The molecular formula is C12H21N3O. The van der Waals surface area contributed by atoms with Crippen LogP contribution in [-0.2, 0) is 11.3 Å². The lowest BCUT2D eigenvalue weighted by Gasteiger charge is -2.22. The van der Waals surface area contributed by atoms with Crippen molar-refractivity contribution in [2.45, 2.75) is 51.8 Å². The molecule has 0 spiro atoms. The van der Waals surface area contributed by atoms with Crippen molar-refractivity contribution in [1.29, 1.82) is 0 Å². The number of hydrogen-bond donors (Lipinski definition) is 1. The fourth-order valence-corrected chi connectivity index (χ4v) is 2.16. The molecule has 0 aromatic carbocycles. The molecule has 4 nitrogen and oxygen atoms in total. The molecule has 0 saturated carbocycles. The number of rotatable bonds is 3. The summed E-state index contributed by atoms with van der Waals surface area (Å²) in [5.41, 5.74) is 8.02. The lowest BCUT2D eigenvalue weighted by Crippen LogP contribution is -2.15. The van der Waals surface area contributed by atoms with Crippen LogP contribution in [0, 0.1) is 0 Å². The van der Waals surface area contributed by atoms with Crippen molar-refractivity contribution in [3.63, 3.8) is 0 Å². The molecule has 0 radical (unpaired) electrons. The van der Waals surface area contributed by atoms with Gasteiger partial charge in [0.2, 0.25) is 0 Å². The second-order valence-corrected chi connectivity index (χ2v) is 4.45. The fourth-order valence-electron chi connectivity index (χ4n) is 2.16. The maximum Gasteiger partial charge on any atom is 0.0991 e. The van der Waals surface area contributed by atoms with Gasteiger partial charge in [0.15, 0.2) is 0 Å². The molecular weight excluding hydrogens is 202 g/mol. The third kappa shape index (κ3) is 2.28. The molecule has 2 heterocycles. The van der Waals surface area contributed by atoms with Crippen molar-refractivity contribution in [3.05, 3.63) is 17.5 Å². The van der Waals surface area contributed by atoms with Crippen LogP contribution in [0.1, 0.15) is 56.6 Å². The molecule has 90 valence electrons. The van der Waals surface area contributed by atoms with Gasteiger partial charge in [0.25, 0.3) is 0 Å². The summed E-state index contributed by atoms with van der Waals surface area (Å²) in [5.74, 6) is 0. The molecule has 2 rings (SSSR count). The number of ether oxygens (including phenoxy) is 1. The van der Waals surface area contributed by atoms with E-state index in [2.05, 4.69) is 18.1 Å². The summed E-state index contributed by atoms with van der Waals surface area (Å²) < 4.78 is 7.82. The largest absolute Gasteiger partial charge is 0.372 e. The molecule has 2 unspecified atom stereocenters. The van der Waals surface area contributed by atoms with Crippen LogP contribution in [0.5, 0.6) is 0 Å². The summed E-state index contributed by atoms with van der Waals surface area (Å²) in [7, 11) is 0. The van der Waals surface area contributed by atoms with E-state index in [0.29, 0.717) is 0 Å². The number of nitrogens with two attached hydrogens (primary N) is 1. The Hall–Kier alpha value is -0.870. The zero-order valence-corrected chi connectivity index (χ0v) is 10.1. The Kier molecular flexibility index (Phi) is 3.61.